The molecule has 3 atom stereocenters. The summed E-state index contributed by atoms with van der Waals surface area (Å²) in [7, 11) is -3.32. The Morgan fingerprint density at radius 1 is 1.26 bits per heavy atom. The van der Waals surface area contributed by atoms with Crippen LogP contribution in [0.3, 0.4) is 0 Å². The topological polar surface area (TPSA) is 61.4 Å². The van der Waals surface area contributed by atoms with Crippen molar-refractivity contribution in [3.8, 4) is 0 Å². The summed E-state index contributed by atoms with van der Waals surface area (Å²) in [5.74, 6) is 0.466. The summed E-state index contributed by atoms with van der Waals surface area (Å²) in [6.45, 7) is 6.39. The van der Waals surface area contributed by atoms with Gasteiger partial charge in [0.2, 0.25) is 0 Å². The van der Waals surface area contributed by atoms with Gasteiger partial charge in [0, 0.05) is 25.2 Å². The van der Waals surface area contributed by atoms with Gasteiger partial charge in [-0.1, -0.05) is 13.3 Å². The molecule has 112 valence electrons. The fourth-order valence-electron chi connectivity index (χ4n) is 3.06. The zero-order chi connectivity index (χ0) is 13.9. The summed E-state index contributed by atoms with van der Waals surface area (Å²) in [5.41, 5.74) is 0. The summed E-state index contributed by atoms with van der Waals surface area (Å²) in [6.07, 6.45) is 5.54. The Morgan fingerprint density at radius 2 is 2.05 bits per heavy atom. The molecule has 0 amide bonds. The largest absolute Gasteiger partial charge is 0.312 e. The Bertz CT molecular complexity index is 379. The van der Waals surface area contributed by atoms with Crippen LogP contribution < -0.4 is 10.0 Å². The van der Waals surface area contributed by atoms with Gasteiger partial charge in [0.15, 0.2) is 0 Å². The molecule has 19 heavy (non-hydrogen) atoms. The van der Waals surface area contributed by atoms with E-state index in [4.69, 9.17) is 0 Å². The van der Waals surface area contributed by atoms with Crippen LogP contribution in [0.5, 0.6) is 0 Å². The van der Waals surface area contributed by atoms with Crippen molar-refractivity contribution < 1.29 is 8.42 Å². The molecule has 0 bridgehead atoms. The third-order valence-electron chi connectivity index (χ3n) is 4.25. The van der Waals surface area contributed by atoms with E-state index >= 15 is 0 Å². The van der Waals surface area contributed by atoms with Gasteiger partial charge in [-0.05, 0) is 45.1 Å². The SMILES string of the molecule is CC1CCCN(S(=O)(=O)NC(C)C2CCCCN2)C1. The highest BCUT2D eigenvalue weighted by atomic mass is 32.2. The van der Waals surface area contributed by atoms with Crippen molar-refractivity contribution >= 4 is 10.2 Å². The van der Waals surface area contributed by atoms with Gasteiger partial charge >= 0.3 is 0 Å². The molecule has 2 N–H and O–H groups in total. The molecule has 2 rings (SSSR count). The van der Waals surface area contributed by atoms with Gasteiger partial charge < -0.3 is 5.32 Å². The van der Waals surface area contributed by atoms with Crippen molar-refractivity contribution in [1.82, 2.24) is 14.3 Å². The molecule has 3 unspecified atom stereocenters. The van der Waals surface area contributed by atoms with E-state index < -0.39 is 10.2 Å². The summed E-state index contributed by atoms with van der Waals surface area (Å²) < 4.78 is 29.2. The lowest BCUT2D eigenvalue weighted by atomic mass is 10.00. The minimum atomic E-state index is -3.32. The van der Waals surface area contributed by atoms with Gasteiger partial charge in [-0.15, -0.1) is 0 Å². The zero-order valence-electron chi connectivity index (χ0n) is 12.1. The predicted octanol–water partition coefficient (Wildman–Crippen LogP) is 1.08. The van der Waals surface area contributed by atoms with Crippen LogP contribution in [0, 0.1) is 5.92 Å². The molecule has 2 heterocycles. The van der Waals surface area contributed by atoms with E-state index in [2.05, 4.69) is 17.0 Å². The third kappa shape index (κ3) is 4.15. The lowest BCUT2D eigenvalue weighted by molar-refractivity contribution is 0.272. The highest BCUT2D eigenvalue weighted by Gasteiger charge is 2.30. The standard InChI is InChI=1S/C13H27N3O2S/c1-11-6-5-9-16(10-11)19(17,18)15-12(2)13-7-3-4-8-14-13/h11-15H,3-10H2,1-2H3. The van der Waals surface area contributed by atoms with Crippen molar-refractivity contribution in [1.29, 1.82) is 0 Å². The van der Waals surface area contributed by atoms with Gasteiger partial charge in [0.05, 0.1) is 0 Å². The van der Waals surface area contributed by atoms with E-state index in [1.54, 1.807) is 4.31 Å². The normalized spacial score (nSPS) is 32.1. The molecule has 2 saturated heterocycles. The fraction of sp³-hybridized carbons (Fsp3) is 1.00. The monoisotopic (exact) mass is 289 g/mol. The highest BCUT2D eigenvalue weighted by Crippen LogP contribution is 2.18. The van der Waals surface area contributed by atoms with Crippen LogP contribution in [0.2, 0.25) is 0 Å². The molecule has 0 spiro atoms. The van der Waals surface area contributed by atoms with Gasteiger partial charge in [-0.2, -0.15) is 17.4 Å². The molecule has 0 aromatic carbocycles. The van der Waals surface area contributed by atoms with E-state index in [1.165, 1.54) is 12.8 Å². The van der Waals surface area contributed by atoms with E-state index in [1.807, 2.05) is 6.92 Å². The average Bonchev–Trinajstić information content (AvgIpc) is 2.39. The molecule has 2 aliphatic rings. The molecular weight excluding hydrogens is 262 g/mol. The van der Waals surface area contributed by atoms with Gasteiger partial charge in [-0.25, -0.2) is 0 Å². The van der Waals surface area contributed by atoms with Crippen LogP contribution in [0.15, 0.2) is 0 Å². The summed E-state index contributed by atoms with van der Waals surface area (Å²) in [4.78, 5) is 0. The van der Waals surface area contributed by atoms with Gasteiger partial charge in [0.1, 0.15) is 0 Å². The molecule has 0 saturated carbocycles. The molecule has 0 aromatic heterocycles. The van der Waals surface area contributed by atoms with Crippen LogP contribution in [0.1, 0.15) is 46.0 Å². The molecule has 5 nitrogen and oxygen atoms in total. The maximum atomic E-state index is 12.4. The summed E-state index contributed by atoms with van der Waals surface area (Å²) in [6, 6.07) is 0.230. The second kappa shape index (κ2) is 6.52. The first-order valence-electron chi connectivity index (χ1n) is 7.50. The van der Waals surface area contributed by atoms with E-state index in [0.29, 0.717) is 19.0 Å². The lowest BCUT2D eigenvalue weighted by Crippen LogP contribution is -2.54. The Kier molecular flexibility index (Phi) is 5.22. The highest BCUT2D eigenvalue weighted by molar-refractivity contribution is 7.87. The van der Waals surface area contributed by atoms with E-state index in [-0.39, 0.29) is 12.1 Å². The summed E-state index contributed by atoms with van der Waals surface area (Å²) >= 11 is 0. The quantitative estimate of drug-likeness (QED) is 0.814. The van der Waals surface area contributed by atoms with Crippen molar-refractivity contribution in [3.05, 3.63) is 0 Å². The molecule has 0 aromatic rings. The molecule has 6 heteroatoms. The minimum Gasteiger partial charge on any atom is -0.312 e. The first-order chi connectivity index (χ1) is 8.99. The molecule has 2 fully saturated rings. The Balaban J connectivity index is 1.92. The fourth-order valence-corrected chi connectivity index (χ4v) is 4.67. The number of hydrogen-bond donors (Lipinski definition) is 2. The smallest absolute Gasteiger partial charge is 0.279 e. The number of nitrogens with zero attached hydrogens (tertiary/aromatic N) is 1. The minimum absolute atomic E-state index is 0.0393. The second-order valence-electron chi connectivity index (χ2n) is 6.07. The number of hydrogen-bond acceptors (Lipinski definition) is 3. The first-order valence-corrected chi connectivity index (χ1v) is 8.94. The molecular formula is C13H27N3O2S. The maximum Gasteiger partial charge on any atom is 0.279 e. The van der Waals surface area contributed by atoms with Crippen LogP contribution >= 0.6 is 0 Å². The van der Waals surface area contributed by atoms with Crippen LogP contribution in [0.25, 0.3) is 0 Å². The number of nitrogens with one attached hydrogen (secondary N) is 2. The second-order valence-corrected chi connectivity index (χ2v) is 7.78. The van der Waals surface area contributed by atoms with Gasteiger partial charge in [-0.3, -0.25) is 0 Å². The van der Waals surface area contributed by atoms with Crippen LogP contribution in [0.4, 0.5) is 0 Å². The van der Waals surface area contributed by atoms with Crippen LogP contribution in [-0.4, -0.2) is 44.4 Å². The van der Waals surface area contributed by atoms with E-state index in [9.17, 15) is 8.42 Å². The number of piperidine rings is 2. The Morgan fingerprint density at radius 3 is 2.68 bits per heavy atom. The van der Waals surface area contributed by atoms with Crippen molar-refractivity contribution in [3.63, 3.8) is 0 Å². The van der Waals surface area contributed by atoms with E-state index in [0.717, 1.165) is 25.8 Å². The lowest BCUT2D eigenvalue weighted by Gasteiger charge is -2.34. The predicted molar refractivity (Wildman–Crippen MR) is 77.1 cm³/mol. The van der Waals surface area contributed by atoms with Gasteiger partial charge in [0.25, 0.3) is 10.2 Å². The van der Waals surface area contributed by atoms with Crippen molar-refractivity contribution in [2.45, 2.75) is 58.0 Å². The Labute approximate surface area is 117 Å². The summed E-state index contributed by atoms with van der Waals surface area (Å²) in [5, 5.41) is 3.41. The molecule has 0 radical (unpaired) electrons. The number of rotatable bonds is 4. The van der Waals surface area contributed by atoms with Crippen LogP contribution in [-0.2, 0) is 10.2 Å². The zero-order valence-corrected chi connectivity index (χ0v) is 12.9. The Hall–Kier alpha value is -0.170. The average molecular weight is 289 g/mol. The molecule has 2 aliphatic heterocycles. The van der Waals surface area contributed by atoms with Crippen molar-refractivity contribution in [2.75, 3.05) is 19.6 Å². The van der Waals surface area contributed by atoms with Crippen molar-refractivity contribution in [2.24, 2.45) is 5.92 Å². The molecule has 0 aliphatic carbocycles. The maximum absolute atomic E-state index is 12.4. The first kappa shape index (κ1) is 15.2. The third-order valence-corrected chi connectivity index (χ3v) is 5.93.